The van der Waals surface area contributed by atoms with Gasteiger partial charge in [-0.1, -0.05) is 12.1 Å². The van der Waals surface area contributed by atoms with Gasteiger partial charge in [0, 0.05) is 12.6 Å². The number of thiophene rings is 1. The molecule has 1 amide bonds. The number of aromatic nitrogens is 2. The molecule has 0 radical (unpaired) electrons. The fraction of sp³-hybridized carbons (Fsp3) is 0.176. The van der Waals surface area contributed by atoms with Gasteiger partial charge in [-0.3, -0.25) is 4.79 Å². The molecular weight excluding hydrogens is 342 g/mol. The summed E-state index contributed by atoms with van der Waals surface area (Å²) in [6.45, 7) is 3.05. The maximum atomic E-state index is 12.3. The molecule has 2 heterocycles. The Bertz CT molecular complexity index is 889. The first-order chi connectivity index (χ1) is 12.0. The van der Waals surface area contributed by atoms with Crippen molar-refractivity contribution in [3.63, 3.8) is 0 Å². The molecule has 8 heteroatoms. The number of ether oxygens (including phenoxy) is 1. The lowest BCUT2D eigenvalue weighted by Crippen LogP contribution is -2.11. The summed E-state index contributed by atoms with van der Waals surface area (Å²) in [4.78, 5) is 24.2. The molecule has 7 nitrogen and oxygen atoms in total. The minimum absolute atomic E-state index is 0.217. The van der Waals surface area contributed by atoms with E-state index in [0.717, 1.165) is 4.88 Å². The summed E-state index contributed by atoms with van der Waals surface area (Å²) in [6.07, 6.45) is -0.696. The van der Waals surface area contributed by atoms with Gasteiger partial charge in [0.1, 0.15) is 0 Å². The van der Waals surface area contributed by atoms with E-state index in [4.69, 9.17) is 9.15 Å². The first kappa shape index (κ1) is 16.8. The molecule has 1 aromatic carbocycles. The molecule has 0 fully saturated rings. The first-order valence-electron chi connectivity index (χ1n) is 7.49. The minimum Gasteiger partial charge on any atom is -0.449 e. The lowest BCUT2D eigenvalue weighted by Gasteiger charge is -2.10. The van der Waals surface area contributed by atoms with E-state index >= 15 is 0 Å². The largest absolute Gasteiger partial charge is 0.449 e. The molecular formula is C17H15N3O4S. The van der Waals surface area contributed by atoms with E-state index in [1.54, 1.807) is 31.2 Å². The Balaban J connectivity index is 1.69. The van der Waals surface area contributed by atoms with E-state index < -0.39 is 12.1 Å². The molecule has 128 valence electrons. The van der Waals surface area contributed by atoms with Gasteiger partial charge in [-0.15, -0.1) is 21.5 Å². The van der Waals surface area contributed by atoms with Gasteiger partial charge in [-0.25, -0.2) is 4.79 Å². The number of hydrogen-bond donors (Lipinski definition) is 1. The Hall–Kier alpha value is -3.00. The van der Waals surface area contributed by atoms with Crippen molar-refractivity contribution in [2.24, 2.45) is 0 Å². The number of rotatable bonds is 5. The highest BCUT2D eigenvalue weighted by Crippen LogP contribution is 2.26. The Morgan fingerprint density at radius 3 is 2.80 bits per heavy atom. The van der Waals surface area contributed by atoms with Crippen LogP contribution in [0, 0.1) is 0 Å². The maximum Gasteiger partial charge on any atom is 0.338 e. The third-order valence-corrected chi connectivity index (χ3v) is 4.08. The Morgan fingerprint density at radius 1 is 1.24 bits per heavy atom. The second kappa shape index (κ2) is 7.27. The number of anilines is 1. The van der Waals surface area contributed by atoms with Crippen molar-refractivity contribution in [1.82, 2.24) is 10.2 Å². The summed E-state index contributed by atoms with van der Waals surface area (Å²) in [5.74, 6) is -0.156. The van der Waals surface area contributed by atoms with Gasteiger partial charge >= 0.3 is 5.97 Å². The van der Waals surface area contributed by atoms with Crippen LogP contribution >= 0.6 is 11.3 Å². The van der Waals surface area contributed by atoms with E-state index in [0.29, 0.717) is 17.1 Å². The smallest absolute Gasteiger partial charge is 0.338 e. The fourth-order valence-corrected chi connectivity index (χ4v) is 2.75. The molecule has 1 atom stereocenters. The number of carbonyl (C=O) groups is 2. The molecule has 0 saturated carbocycles. The van der Waals surface area contributed by atoms with Crippen molar-refractivity contribution < 1.29 is 18.7 Å². The molecule has 3 rings (SSSR count). The van der Waals surface area contributed by atoms with Crippen molar-refractivity contribution in [3.8, 4) is 10.8 Å². The highest BCUT2D eigenvalue weighted by Gasteiger charge is 2.20. The van der Waals surface area contributed by atoms with Crippen LogP contribution in [0.5, 0.6) is 0 Å². The zero-order valence-electron chi connectivity index (χ0n) is 13.6. The Kier molecular flexibility index (Phi) is 4.90. The summed E-state index contributed by atoms with van der Waals surface area (Å²) in [6, 6.07) is 10.2. The third-order valence-electron chi connectivity index (χ3n) is 3.22. The number of amides is 1. The van der Waals surface area contributed by atoms with E-state index in [1.807, 2.05) is 17.5 Å². The van der Waals surface area contributed by atoms with Crippen LogP contribution < -0.4 is 5.32 Å². The van der Waals surface area contributed by atoms with Crippen LogP contribution in [0.2, 0.25) is 0 Å². The molecule has 2 aromatic heterocycles. The Labute approximate surface area is 147 Å². The van der Waals surface area contributed by atoms with Crippen molar-refractivity contribution in [1.29, 1.82) is 0 Å². The monoisotopic (exact) mass is 357 g/mol. The summed E-state index contributed by atoms with van der Waals surface area (Å²) >= 11 is 1.48. The molecule has 0 aliphatic rings. The van der Waals surface area contributed by atoms with Crippen molar-refractivity contribution in [2.45, 2.75) is 20.0 Å². The molecule has 0 spiro atoms. The quantitative estimate of drug-likeness (QED) is 0.700. The highest BCUT2D eigenvalue weighted by molar-refractivity contribution is 7.13. The topological polar surface area (TPSA) is 94.3 Å². The molecule has 0 aliphatic carbocycles. The lowest BCUT2D eigenvalue weighted by atomic mass is 10.2. The predicted octanol–water partition coefficient (Wildman–Crippen LogP) is 3.67. The van der Waals surface area contributed by atoms with Crippen LogP contribution in [0.4, 0.5) is 5.69 Å². The third kappa shape index (κ3) is 4.10. The predicted molar refractivity (Wildman–Crippen MR) is 92.2 cm³/mol. The van der Waals surface area contributed by atoms with Crippen LogP contribution in [-0.2, 0) is 9.53 Å². The Morgan fingerprint density at radius 2 is 2.08 bits per heavy atom. The van der Waals surface area contributed by atoms with Gasteiger partial charge in [0.05, 0.1) is 10.4 Å². The molecule has 1 N–H and O–H groups in total. The van der Waals surface area contributed by atoms with Crippen LogP contribution in [0.25, 0.3) is 10.8 Å². The number of nitrogens with one attached hydrogen (secondary N) is 1. The van der Waals surface area contributed by atoms with E-state index in [-0.39, 0.29) is 11.8 Å². The lowest BCUT2D eigenvalue weighted by molar-refractivity contribution is -0.114. The van der Waals surface area contributed by atoms with Crippen LogP contribution in [0.15, 0.2) is 46.2 Å². The van der Waals surface area contributed by atoms with Crippen molar-refractivity contribution >= 4 is 28.9 Å². The van der Waals surface area contributed by atoms with Gasteiger partial charge < -0.3 is 14.5 Å². The van der Waals surface area contributed by atoms with Gasteiger partial charge in [-0.2, -0.15) is 0 Å². The average Bonchev–Trinajstić information content (AvgIpc) is 3.25. The van der Waals surface area contributed by atoms with E-state index in [1.165, 1.54) is 18.3 Å². The zero-order valence-corrected chi connectivity index (χ0v) is 14.4. The van der Waals surface area contributed by atoms with Gasteiger partial charge in [0.25, 0.3) is 11.8 Å². The zero-order chi connectivity index (χ0) is 17.8. The average molecular weight is 357 g/mol. The van der Waals surface area contributed by atoms with Crippen LogP contribution in [-0.4, -0.2) is 22.1 Å². The van der Waals surface area contributed by atoms with Crippen LogP contribution in [0.1, 0.15) is 36.2 Å². The van der Waals surface area contributed by atoms with Gasteiger partial charge in [0.2, 0.25) is 5.91 Å². The second-order valence-corrected chi connectivity index (χ2v) is 6.18. The molecule has 3 aromatic rings. The second-order valence-electron chi connectivity index (χ2n) is 5.23. The molecule has 0 unspecified atom stereocenters. The number of esters is 1. The van der Waals surface area contributed by atoms with Gasteiger partial charge in [0.15, 0.2) is 6.10 Å². The highest BCUT2D eigenvalue weighted by atomic mass is 32.1. The molecule has 0 bridgehead atoms. The van der Waals surface area contributed by atoms with Crippen molar-refractivity contribution in [3.05, 3.63) is 53.2 Å². The number of nitrogens with zero attached hydrogens (tertiary/aromatic N) is 2. The normalized spacial score (nSPS) is 11.8. The summed E-state index contributed by atoms with van der Waals surface area (Å²) < 4.78 is 10.9. The summed E-state index contributed by atoms with van der Waals surface area (Å²) in [7, 11) is 0. The standard InChI is InChI=1S/C17H15N3O4S/c1-10(15-19-20-16(24-15)14-7-4-8-25-14)23-17(22)12-5-3-6-13(9-12)18-11(2)21/h3-10H,1-2H3,(H,18,21)/t10-/m1/s1. The van der Waals surface area contributed by atoms with Crippen molar-refractivity contribution in [2.75, 3.05) is 5.32 Å². The maximum absolute atomic E-state index is 12.3. The first-order valence-corrected chi connectivity index (χ1v) is 8.37. The summed E-state index contributed by atoms with van der Waals surface area (Å²) in [5, 5.41) is 12.4. The number of carbonyl (C=O) groups excluding carboxylic acids is 2. The van der Waals surface area contributed by atoms with Crippen LogP contribution in [0.3, 0.4) is 0 Å². The number of benzene rings is 1. The molecule has 0 saturated heterocycles. The van der Waals surface area contributed by atoms with E-state index in [9.17, 15) is 9.59 Å². The van der Waals surface area contributed by atoms with Gasteiger partial charge in [-0.05, 0) is 36.6 Å². The van der Waals surface area contributed by atoms with E-state index in [2.05, 4.69) is 15.5 Å². The SMILES string of the molecule is CC(=O)Nc1cccc(C(=O)O[C@H](C)c2nnc(-c3cccs3)o2)c1. The summed E-state index contributed by atoms with van der Waals surface area (Å²) in [5.41, 5.74) is 0.837. The molecule has 0 aliphatic heterocycles. The number of hydrogen-bond acceptors (Lipinski definition) is 7. The fourth-order valence-electron chi connectivity index (χ4n) is 2.10. The molecule has 25 heavy (non-hydrogen) atoms. The minimum atomic E-state index is -0.696.